The van der Waals surface area contributed by atoms with Crippen molar-refractivity contribution in [1.29, 1.82) is 0 Å². The molecule has 3 aromatic heterocycles. The maximum Gasteiger partial charge on any atom is 0.248 e. The Kier molecular flexibility index (Phi) is 5.86. The summed E-state index contributed by atoms with van der Waals surface area (Å²) in [4.78, 5) is 28.1. The molecule has 4 heterocycles. The number of hydrogen-bond donors (Lipinski definition) is 4. The molecule has 4 aromatic rings. The molecule has 1 saturated heterocycles. The van der Waals surface area contributed by atoms with Gasteiger partial charge >= 0.3 is 0 Å². The third kappa shape index (κ3) is 4.36. The smallest absolute Gasteiger partial charge is 0.248 e. The molecule has 0 spiro atoms. The van der Waals surface area contributed by atoms with Crippen LogP contribution in [-0.2, 0) is 10.0 Å². The zero-order chi connectivity index (χ0) is 25.5. The van der Waals surface area contributed by atoms with Gasteiger partial charge in [-0.05, 0) is 18.2 Å². The van der Waals surface area contributed by atoms with E-state index in [0.29, 0.717) is 22.9 Å². The summed E-state index contributed by atoms with van der Waals surface area (Å²) >= 11 is 0. The minimum absolute atomic E-state index is 0.0665. The van der Waals surface area contributed by atoms with Crippen LogP contribution >= 0.6 is 0 Å². The summed E-state index contributed by atoms with van der Waals surface area (Å²) in [5.41, 5.74) is -0.466. The van der Waals surface area contributed by atoms with E-state index < -0.39 is 21.4 Å². The summed E-state index contributed by atoms with van der Waals surface area (Å²) in [6.45, 7) is 0.366. The van der Waals surface area contributed by atoms with Crippen molar-refractivity contribution in [3.05, 3.63) is 52.9 Å². The van der Waals surface area contributed by atoms with Gasteiger partial charge in [0.05, 0.1) is 26.1 Å². The molecule has 1 fully saturated rings. The van der Waals surface area contributed by atoms with E-state index in [4.69, 9.17) is 9.47 Å². The molecule has 1 aliphatic heterocycles. The van der Waals surface area contributed by atoms with E-state index in [1.54, 1.807) is 34.9 Å². The number of nitrogens with zero attached hydrogens (tertiary/aromatic N) is 4. The minimum atomic E-state index is -3.92. The van der Waals surface area contributed by atoms with E-state index in [1.807, 2.05) is 0 Å². The summed E-state index contributed by atoms with van der Waals surface area (Å²) in [5, 5.41) is 13.1. The quantitative estimate of drug-likeness (QED) is 0.256. The minimum Gasteiger partial charge on any atom is -0.494 e. The number of benzene rings is 1. The SMILES string of the molecule is COc1cccc(OC)c1-n1c(-c2cccc(=O)[nH]2)nc2nc(NS(=O)(=O)CC3(O)CNC3)cnc21. The van der Waals surface area contributed by atoms with Crippen LogP contribution in [0, 0.1) is 0 Å². The van der Waals surface area contributed by atoms with Gasteiger partial charge in [-0.2, -0.15) is 0 Å². The second kappa shape index (κ2) is 8.89. The molecule has 14 heteroatoms. The van der Waals surface area contributed by atoms with Crippen molar-refractivity contribution in [3.8, 4) is 28.7 Å². The first kappa shape index (κ1) is 23.7. The Bertz CT molecular complexity index is 1590. The molecule has 0 radical (unpaired) electrons. The molecule has 0 bridgehead atoms. The lowest BCUT2D eigenvalue weighted by Crippen LogP contribution is -2.63. The van der Waals surface area contributed by atoms with Gasteiger partial charge < -0.3 is 24.9 Å². The Hall–Kier alpha value is -4.01. The molecule has 1 aliphatic rings. The Morgan fingerprint density at radius 3 is 2.42 bits per heavy atom. The second-order valence-electron chi connectivity index (χ2n) is 8.30. The van der Waals surface area contributed by atoms with Crippen LogP contribution in [0.25, 0.3) is 28.5 Å². The molecule has 0 unspecified atom stereocenters. The molecule has 0 atom stereocenters. The fourth-order valence-electron chi connectivity index (χ4n) is 3.99. The first-order valence-corrected chi connectivity index (χ1v) is 12.5. The lowest BCUT2D eigenvalue weighted by molar-refractivity contribution is 0.0121. The van der Waals surface area contributed by atoms with Gasteiger partial charge in [0, 0.05) is 19.2 Å². The number of para-hydroxylation sites is 1. The number of anilines is 1. The number of aromatic amines is 1. The van der Waals surface area contributed by atoms with Crippen LogP contribution in [-0.4, -0.2) is 76.7 Å². The van der Waals surface area contributed by atoms with Gasteiger partial charge in [0.2, 0.25) is 15.6 Å². The lowest BCUT2D eigenvalue weighted by Gasteiger charge is -2.36. The molecule has 13 nitrogen and oxygen atoms in total. The van der Waals surface area contributed by atoms with E-state index in [9.17, 15) is 18.3 Å². The maximum absolute atomic E-state index is 12.6. The normalized spacial score (nSPS) is 14.9. The van der Waals surface area contributed by atoms with E-state index in [-0.39, 0.29) is 41.6 Å². The number of H-pyrrole nitrogens is 1. The number of rotatable bonds is 8. The maximum atomic E-state index is 12.6. The van der Waals surface area contributed by atoms with Gasteiger partial charge in [0.15, 0.2) is 22.9 Å². The number of nitrogens with one attached hydrogen (secondary N) is 3. The average Bonchev–Trinajstić information content (AvgIpc) is 3.20. The van der Waals surface area contributed by atoms with Gasteiger partial charge in [0.1, 0.15) is 28.5 Å². The lowest BCUT2D eigenvalue weighted by atomic mass is 10.0. The van der Waals surface area contributed by atoms with Crippen molar-refractivity contribution in [2.24, 2.45) is 0 Å². The molecular formula is C22H23N7O6S. The summed E-state index contributed by atoms with van der Waals surface area (Å²) < 4.78 is 40.3. The fourth-order valence-corrected chi connectivity index (χ4v) is 5.39. The number of hydrogen-bond acceptors (Lipinski definition) is 10. The predicted molar refractivity (Wildman–Crippen MR) is 131 cm³/mol. The first-order chi connectivity index (χ1) is 17.2. The van der Waals surface area contributed by atoms with Gasteiger partial charge in [0.25, 0.3) is 0 Å². The van der Waals surface area contributed by atoms with Gasteiger partial charge in [-0.25, -0.2) is 23.4 Å². The number of aliphatic hydroxyl groups is 1. The van der Waals surface area contributed by atoms with E-state index in [1.165, 1.54) is 26.5 Å². The standard InChI is InChI=1S/C22H23N7O6S/c1-34-14-6-4-7-15(35-2)18(14)29-20(13-5-3-8-17(30)25-13)27-19-21(29)24-9-16(26-19)28-36(32,33)12-22(31)10-23-11-22/h3-9,23,31H,10-12H2,1-2H3,(H,25,30)(H,26,28). The number of sulfonamides is 1. The van der Waals surface area contributed by atoms with Crippen LogP contribution in [0.5, 0.6) is 11.5 Å². The molecule has 1 aromatic carbocycles. The third-order valence-corrected chi connectivity index (χ3v) is 7.07. The van der Waals surface area contributed by atoms with Gasteiger partial charge in [-0.3, -0.25) is 14.1 Å². The topological polar surface area (TPSA) is 173 Å². The largest absolute Gasteiger partial charge is 0.494 e. The summed E-state index contributed by atoms with van der Waals surface area (Å²) in [5.74, 6) is 0.614. The molecule has 4 N–H and O–H groups in total. The van der Waals surface area contributed by atoms with E-state index >= 15 is 0 Å². The summed E-state index contributed by atoms with van der Waals surface area (Å²) in [6.07, 6.45) is 1.25. The highest BCUT2D eigenvalue weighted by Gasteiger charge is 2.39. The number of imidazole rings is 1. The van der Waals surface area contributed by atoms with E-state index in [2.05, 4.69) is 30.0 Å². The van der Waals surface area contributed by atoms with Crippen LogP contribution in [0.1, 0.15) is 0 Å². The monoisotopic (exact) mass is 513 g/mol. The third-order valence-electron chi connectivity index (χ3n) is 5.63. The zero-order valence-corrected chi connectivity index (χ0v) is 20.2. The van der Waals surface area contributed by atoms with Crippen LogP contribution < -0.4 is 25.1 Å². The van der Waals surface area contributed by atoms with Crippen molar-refractivity contribution in [1.82, 2.24) is 29.8 Å². The fraction of sp³-hybridized carbons (Fsp3) is 0.273. The highest BCUT2D eigenvalue weighted by Crippen LogP contribution is 2.37. The number of methoxy groups -OCH3 is 2. The zero-order valence-electron chi connectivity index (χ0n) is 19.3. The van der Waals surface area contributed by atoms with Crippen molar-refractivity contribution >= 4 is 27.1 Å². The van der Waals surface area contributed by atoms with Gasteiger partial charge in [-0.1, -0.05) is 12.1 Å². The summed E-state index contributed by atoms with van der Waals surface area (Å²) in [6, 6.07) is 9.84. The van der Waals surface area contributed by atoms with Crippen LogP contribution in [0.2, 0.25) is 0 Å². The van der Waals surface area contributed by atoms with Crippen LogP contribution in [0.4, 0.5) is 5.82 Å². The van der Waals surface area contributed by atoms with Crippen molar-refractivity contribution < 1.29 is 23.0 Å². The Morgan fingerprint density at radius 2 is 1.81 bits per heavy atom. The Morgan fingerprint density at radius 1 is 1.11 bits per heavy atom. The summed E-state index contributed by atoms with van der Waals surface area (Å²) in [7, 11) is -0.910. The number of aromatic nitrogens is 5. The molecule has 188 valence electrons. The molecule has 36 heavy (non-hydrogen) atoms. The van der Waals surface area contributed by atoms with Crippen molar-refractivity contribution in [2.75, 3.05) is 37.8 Å². The second-order valence-corrected chi connectivity index (χ2v) is 10.0. The predicted octanol–water partition coefficient (Wildman–Crippen LogP) is 0.264. The van der Waals surface area contributed by atoms with Crippen molar-refractivity contribution in [2.45, 2.75) is 5.60 Å². The molecular weight excluding hydrogens is 490 g/mol. The van der Waals surface area contributed by atoms with E-state index in [0.717, 1.165) is 0 Å². The average molecular weight is 514 g/mol. The molecule has 0 amide bonds. The Labute approximate surface area is 205 Å². The van der Waals surface area contributed by atoms with Crippen LogP contribution in [0.15, 0.2) is 47.4 Å². The Balaban J connectivity index is 1.67. The molecule has 0 saturated carbocycles. The molecule has 0 aliphatic carbocycles. The number of ether oxygens (including phenoxy) is 2. The first-order valence-electron chi connectivity index (χ1n) is 10.8. The van der Waals surface area contributed by atoms with Crippen molar-refractivity contribution in [3.63, 3.8) is 0 Å². The van der Waals surface area contributed by atoms with Crippen LogP contribution in [0.3, 0.4) is 0 Å². The molecule has 5 rings (SSSR count). The highest BCUT2D eigenvalue weighted by atomic mass is 32.2. The number of β-amino-alcohol motifs (C(OH)–C–C–N with tert-alkyl or cyclic N) is 1. The van der Waals surface area contributed by atoms with Gasteiger partial charge in [-0.15, -0.1) is 0 Å². The number of pyridine rings is 1. The number of fused-ring (bicyclic) bond motifs is 1. The highest BCUT2D eigenvalue weighted by molar-refractivity contribution is 7.92.